The summed E-state index contributed by atoms with van der Waals surface area (Å²) in [5.41, 5.74) is 1.36. The molecule has 1 fully saturated rings. The number of fused-ring (bicyclic) bond motifs is 1. The topological polar surface area (TPSA) is 86.0 Å². The predicted octanol–water partition coefficient (Wildman–Crippen LogP) is 4.90. The fourth-order valence-corrected chi connectivity index (χ4v) is 4.41. The molecule has 1 amide bonds. The number of carbonyl (C=O) groups is 1. The lowest BCUT2D eigenvalue weighted by molar-refractivity contribution is -0.140. The zero-order chi connectivity index (χ0) is 27.5. The smallest absolute Gasteiger partial charge is 0.382 e. The number of nitriles is 1. The number of carbonyl (C=O) groups excluding carboxylic acids is 1. The first kappa shape index (κ1) is 27.0. The fraction of sp³-hybridized carbons (Fsp3) is 0.393. The highest BCUT2D eigenvalue weighted by Crippen LogP contribution is 2.31. The van der Waals surface area contributed by atoms with E-state index in [-0.39, 0.29) is 11.7 Å². The van der Waals surface area contributed by atoms with Gasteiger partial charge in [-0.25, -0.2) is 0 Å². The quantitative estimate of drug-likeness (QED) is 0.466. The minimum Gasteiger partial charge on any atom is -0.382 e. The first-order valence-electron chi connectivity index (χ1n) is 12.3. The Balaban J connectivity index is 1.59. The van der Waals surface area contributed by atoms with E-state index in [0.29, 0.717) is 22.3 Å². The molecule has 1 saturated heterocycles. The average molecular weight is 523 g/mol. The van der Waals surface area contributed by atoms with Crippen molar-refractivity contribution in [2.45, 2.75) is 50.9 Å². The minimum absolute atomic E-state index is 0.0920. The lowest BCUT2D eigenvalue weighted by Gasteiger charge is -2.30. The summed E-state index contributed by atoms with van der Waals surface area (Å²) in [6.45, 7) is 4.13. The van der Waals surface area contributed by atoms with Crippen molar-refractivity contribution in [1.29, 1.82) is 5.26 Å². The fourth-order valence-electron chi connectivity index (χ4n) is 4.41. The van der Waals surface area contributed by atoms with Crippen LogP contribution in [0.1, 0.15) is 38.1 Å². The number of aromatic nitrogens is 2. The molecular weight excluding hydrogens is 493 g/mol. The highest BCUT2D eigenvalue weighted by atomic mass is 19.4. The van der Waals surface area contributed by atoms with Crippen LogP contribution in [0.4, 0.5) is 24.5 Å². The number of piperidine rings is 1. The van der Waals surface area contributed by atoms with Crippen molar-refractivity contribution >= 4 is 28.2 Å². The molecule has 0 atom stereocenters. The Kier molecular flexibility index (Phi) is 7.66. The third-order valence-electron chi connectivity index (χ3n) is 6.61. The molecule has 0 spiro atoms. The molecule has 0 saturated carbocycles. The van der Waals surface area contributed by atoms with Crippen LogP contribution in [0, 0.1) is 23.2 Å². The maximum atomic E-state index is 13.5. The van der Waals surface area contributed by atoms with Crippen LogP contribution in [0.25, 0.3) is 10.9 Å². The van der Waals surface area contributed by atoms with Gasteiger partial charge >= 0.3 is 12.1 Å². The molecule has 2 aromatic heterocycles. The van der Waals surface area contributed by atoms with Crippen molar-refractivity contribution in [2.75, 3.05) is 30.8 Å². The van der Waals surface area contributed by atoms with Crippen molar-refractivity contribution in [3.63, 3.8) is 0 Å². The van der Waals surface area contributed by atoms with Crippen LogP contribution in [0.15, 0.2) is 42.6 Å². The molecule has 3 heterocycles. The number of pyridine rings is 1. The monoisotopic (exact) mass is 522 g/mol. The Hall–Kier alpha value is -4.02. The average Bonchev–Trinajstić information content (AvgIpc) is 3.21. The maximum Gasteiger partial charge on any atom is 0.406 e. The molecule has 10 heteroatoms. The number of hydrogen-bond donors (Lipinski definition) is 2. The van der Waals surface area contributed by atoms with Gasteiger partial charge in [-0.05, 0) is 83.1 Å². The third-order valence-corrected chi connectivity index (χ3v) is 6.61. The van der Waals surface area contributed by atoms with Gasteiger partial charge in [0.2, 0.25) is 0 Å². The van der Waals surface area contributed by atoms with Crippen molar-refractivity contribution in [2.24, 2.45) is 0 Å². The van der Waals surface area contributed by atoms with Crippen LogP contribution in [0.5, 0.6) is 0 Å². The van der Waals surface area contributed by atoms with Gasteiger partial charge in [-0.3, -0.25) is 9.78 Å². The Labute approximate surface area is 219 Å². The van der Waals surface area contributed by atoms with Crippen molar-refractivity contribution in [3.05, 3.63) is 54.0 Å². The Bertz CT molecular complexity index is 1420. The Morgan fingerprint density at radius 3 is 2.55 bits per heavy atom. The van der Waals surface area contributed by atoms with Gasteiger partial charge in [0, 0.05) is 23.0 Å². The summed E-state index contributed by atoms with van der Waals surface area (Å²) in [5, 5.41) is 15.9. The largest absolute Gasteiger partial charge is 0.406 e. The number of amides is 1. The number of benzene rings is 1. The number of alkyl halides is 3. The molecule has 1 aliphatic rings. The van der Waals surface area contributed by atoms with Crippen LogP contribution in [0.2, 0.25) is 0 Å². The molecule has 0 bridgehead atoms. The van der Waals surface area contributed by atoms with Crippen LogP contribution in [-0.2, 0) is 16.8 Å². The molecule has 0 aliphatic carbocycles. The molecule has 3 aromatic rings. The summed E-state index contributed by atoms with van der Waals surface area (Å²) in [6.07, 6.45) is -1.18. The lowest BCUT2D eigenvalue weighted by atomic mass is 9.91. The summed E-state index contributed by atoms with van der Waals surface area (Å²) in [5.74, 6) is 4.34. The SMILES string of the molecule is CN1CCC(Nc2cccc3c2cc(C#CC(=O)Nc2ccc(C(C)(C)C#N)nc2)n3CC(F)(F)F)CC1. The number of likely N-dealkylation sites (tertiary alicyclic amines) is 1. The van der Waals surface area contributed by atoms with Gasteiger partial charge in [0.15, 0.2) is 0 Å². The standard InChI is InChI=1S/C28H29F3N6O/c1-27(2,17-32)25-9-7-20(16-33-25)35-26(38)10-8-21-15-22-23(34-19-11-13-36(3)14-12-19)5-4-6-24(22)37(21)18-28(29,30)31/h4-7,9,15-16,19,34H,11-14,18H2,1-3H3,(H,35,38). The second-order valence-corrected chi connectivity index (χ2v) is 10.1. The molecule has 0 unspecified atom stereocenters. The molecule has 1 aromatic carbocycles. The normalized spacial score (nSPS) is 15.0. The lowest BCUT2D eigenvalue weighted by Crippen LogP contribution is -2.36. The number of nitrogens with zero attached hydrogens (tertiary/aromatic N) is 4. The summed E-state index contributed by atoms with van der Waals surface area (Å²) in [7, 11) is 2.07. The van der Waals surface area contributed by atoms with Crippen LogP contribution in [0.3, 0.4) is 0 Å². The first-order valence-corrected chi connectivity index (χ1v) is 12.3. The second-order valence-electron chi connectivity index (χ2n) is 10.1. The van der Waals surface area contributed by atoms with Crippen molar-refractivity contribution in [1.82, 2.24) is 14.5 Å². The zero-order valence-corrected chi connectivity index (χ0v) is 21.5. The molecule has 0 radical (unpaired) electrons. The van der Waals surface area contributed by atoms with E-state index in [2.05, 4.69) is 45.5 Å². The van der Waals surface area contributed by atoms with Crippen molar-refractivity contribution < 1.29 is 18.0 Å². The molecule has 198 valence electrons. The van der Waals surface area contributed by atoms with Gasteiger partial charge in [-0.2, -0.15) is 18.4 Å². The molecule has 7 nitrogen and oxygen atoms in total. The highest BCUT2D eigenvalue weighted by molar-refractivity contribution is 6.04. The van der Waals surface area contributed by atoms with E-state index in [0.717, 1.165) is 36.2 Å². The number of anilines is 2. The summed E-state index contributed by atoms with van der Waals surface area (Å²) < 4.78 is 41.5. The highest BCUT2D eigenvalue weighted by Gasteiger charge is 2.30. The van der Waals surface area contributed by atoms with Gasteiger partial charge in [0.05, 0.1) is 40.3 Å². The van der Waals surface area contributed by atoms with Gasteiger partial charge in [0.1, 0.15) is 6.54 Å². The van der Waals surface area contributed by atoms with Gasteiger partial charge in [-0.15, -0.1) is 0 Å². The summed E-state index contributed by atoms with van der Waals surface area (Å²) >= 11 is 0. The van der Waals surface area contributed by atoms with E-state index in [1.165, 1.54) is 6.20 Å². The van der Waals surface area contributed by atoms with Gasteiger partial charge in [-0.1, -0.05) is 6.07 Å². The zero-order valence-electron chi connectivity index (χ0n) is 21.5. The van der Waals surface area contributed by atoms with E-state index >= 15 is 0 Å². The van der Waals surface area contributed by atoms with E-state index in [1.807, 2.05) is 6.07 Å². The van der Waals surface area contributed by atoms with E-state index < -0.39 is 24.0 Å². The van der Waals surface area contributed by atoms with Gasteiger partial charge in [0.25, 0.3) is 0 Å². The van der Waals surface area contributed by atoms with E-state index in [9.17, 15) is 23.2 Å². The Morgan fingerprint density at radius 2 is 1.92 bits per heavy atom. The van der Waals surface area contributed by atoms with Crippen molar-refractivity contribution in [3.8, 4) is 17.9 Å². The maximum absolute atomic E-state index is 13.5. The third kappa shape index (κ3) is 6.45. The summed E-state index contributed by atoms with van der Waals surface area (Å²) in [6, 6.07) is 12.4. The van der Waals surface area contributed by atoms with Crippen LogP contribution < -0.4 is 10.6 Å². The van der Waals surface area contributed by atoms with E-state index in [1.54, 1.807) is 44.2 Å². The Morgan fingerprint density at radius 1 is 1.18 bits per heavy atom. The van der Waals surface area contributed by atoms with Gasteiger partial charge < -0.3 is 20.1 Å². The van der Waals surface area contributed by atoms with E-state index in [4.69, 9.17) is 0 Å². The second kappa shape index (κ2) is 10.8. The van der Waals surface area contributed by atoms with Crippen LogP contribution in [-0.4, -0.2) is 52.7 Å². The number of rotatable bonds is 5. The molecule has 1 aliphatic heterocycles. The summed E-state index contributed by atoms with van der Waals surface area (Å²) in [4.78, 5) is 18.9. The minimum atomic E-state index is -4.47. The first-order chi connectivity index (χ1) is 17.9. The number of halogens is 3. The van der Waals surface area contributed by atoms with Crippen LogP contribution >= 0.6 is 0 Å². The molecule has 38 heavy (non-hydrogen) atoms. The molecular formula is C28H29F3N6O. The molecule has 4 rings (SSSR count). The number of hydrogen-bond acceptors (Lipinski definition) is 5. The number of nitrogens with one attached hydrogen (secondary N) is 2. The predicted molar refractivity (Wildman–Crippen MR) is 141 cm³/mol. The molecule has 2 N–H and O–H groups in total.